The van der Waals surface area contributed by atoms with Crippen molar-refractivity contribution in [3.8, 4) is 0 Å². The summed E-state index contributed by atoms with van der Waals surface area (Å²) in [7, 11) is 4.46. The molecule has 112 valence electrons. The summed E-state index contributed by atoms with van der Waals surface area (Å²) in [5.41, 5.74) is 1.58. The summed E-state index contributed by atoms with van der Waals surface area (Å²) in [6, 6.07) is 4.52. The van der Waals surface area contributed by atoms with Crippen LogP contribution in [-0.2, 0) is 0 Å². The highest BCUT2D eigenvalue weighted by Crippen LogP contribution is 2.35. The Balaban J connectivity index is 1.99. The maximum atomic E-state index is 4.21. The molecule has 0 aromatic carbocycles. The van der Waals surface area contributed by atoms with Crippen LogP contribution in [0.2, 0.25) is 0 Å². The van der Waals surface area contributed by atoms with Crippen molar-refractivity contribution in [1.29, 1.82) is 0 Å². The third kappa shape index (κ3) is 3.58. The lowest BCUT2D eigenvalue weighted by atomic mass is 9.75. The molecular weight excluding hydrogens is 246 g/mol. The summed E-state index contributed by atoms with van der Waals surface area (Å²) in [4.78, 5) is 6.65. The zero-order chi connectivity index (χ0) is 14.6. The van der Waals surface area contributed by atoms with Gasteiger partial charge in [-0.3, -0.25) is 4.98 Å². The minimum atomic E-state index is 0.314. The number of nitrogens with zero attached hydrogens (tertiary/aromatic N) is 2. The fraction of sp³-hybridized carbons (Fsp3) is 0.706. The number of hydrogen-bond acceptors (Lipinski definition) is 3. The lowest BCUT2D eigenvalue weighted by Gasteiger charge is -2.46. The Labute approximate surface area is 123 Å². The molecule has 0 amide bonds. The maximum Gasteiger partial charge on any atom is 0.0330 e. The van der Waals surface area contributed by atoms with Crippen molar-refractivity contribution in [1.82, 2.24) is 15.2 Å². The van der Waals surface area contributed by atoms with Gasteiger partial charge in [-0.25, -0.2) is 0 Å². The summed E-state index contributed by atoms with van der Waals surface area (Å²) in [5, 5.41) is 3.73. The quantitative estimate of drug-likeness (QED) is 0.894. The van der Waals surface area contributed by atoms with Gasteiger partial charge in [-0.2, -0.15) is 0 Å². The van der Waals surface area contributed by atoms with Gasteiger partial charge in [-0.1, -0.05) is 25.8 Å². The zero-order valence-electron chi connectivity index (χ0n) is 13.4. The van der Waals surface area contributed by atoms with E-state index in [-0.39, 0.29) is 0 Å². The summed E-state index contributed by atoms with van der Waals surface area (Å²) in [6.45, 7) is 5.68. The van der Waals surface area contributed by atoms with Gasteiger partial charge < -0.3 is 10.2 Å². The Kier molecular flexibility index (Phi) is 5.17. The van der Waals surface area contributed by atoms with Crippen LogP contribution < -0.4 is 5.32 Å². The van der Waals surface area contributed by atoms with E-state index in [1.807, 2.05) is 18.5 Å². The Bertz CT molecular complexity index is 404. The van der Waals surface area contributed by atoms with Gasteiger partial charge in [0.1, 0.15) is 0 Å². The largest absolute Gasteiger partial charge is 0.308 e. The molecule has 3 atom stereocenters. The zero-order valence-corrected chi connectivity index (χ0v) is 13.4. The molecule has 1 fully saturated rings. The van der Waals surface area contributed by atoms with E-state index < -0.39 is 0 Å². The van der Waals surface area contributed by atoms with Gasteiger partial charge in [-0.05, 0) is 51.4 Å². The van der Waals surface area contributed by atoms with Crippen LogP contribution in [0.5, 0.6) is 0 Å². The monoisotopic (exact) mass is 275 g/mol. The van der Waals surface area contributed by atoms with Crippen LogP contribution in [0.1, 0.15) is 51.1 Å². The fourth-order valence-corrected chi connectivity index (χ4v) is 3.45. The normalized spacial score (nSPS) is 28.6. The van der Waals surface area contributed by atoms with Crippen LogP contribution in [0.15, 0.2) is 24.5 Å². The van der Waals surface area contributed by atoms with E-state index in [9.17, 15) is 0 Å². The summed E-state index contributed by atoms with van der Waals surface area (Å²) in [5.74, 6) is 0.835. The highest BCUT2D eigenvalue weighted by Gasteiger charge is 2.36. The second-order valence-electron chi connectivity index (χ2n) is 6.71. The van der Waals surface area contributed by atoms with Crippen molar-refractivity contribution in [2.45, 2.75) is 51.1 Å². The second kappa shape index (κ2) is 6.68. The molecule has 20 heavy (non-hydrogen) atoms. The number of hydrogen-bond donors (Lipinski definition) is 1. The average molecular weight is 275 g/mol. The van der Waals surface area contributed by atoms with Crippen molar-refractivity contribution in [3.05, 3.63) is 30.1 Å². The number of rotatable bonds is 5. The molecule has 3 nitrogen and oxygen atoms in total. The van der Waals surface area contributed by atoms with Crippen LogP contribution >= 0.6 is 0 Å². The lowest BCUT2D eigenvalue weighted by Crippen LogP contribution is -2.54. The average Bonchev–Trinajstić information content (AvgIpc) is 2.45. The van der Waals surface area contributed by atoms with Crippen LogP contribution in [0.4, 0.5) is 0 Å². The van der Waals surface area contributed by atoms with E-state index in [1.54, 1.807) is 0 Å². The summed E-state index contributed by atoms with van der Waals surface area (Å²) in [6.07, 6.45) is 9.13. The molecule has 1 heterocycles. The van der Waals surface area contributed by atoms with Crippen molar-refractivity contribution in [3.63, 3.8) is 0 Å². The summed E-state index contributed by atoms with van der Waals surface area (Å²) >= 11 is 0. The Hall–Kier alpha value is -0.930. The topological polar surface area (TPSA) is 28.2 Å². The molecule has 2 rings (SSSR count). The van der Waals surface area contributed by atoms with Gasteiger partial charge in [0, 0.05) is 30.5 Å². The number of nitrogens with one attached hydrogen (secondary N) is 1. The highest BCUT2D eigenvalue weighted by atomic mass is 15.2. The summed E-state index contributed by atoms with van der Waals surface area (Å²) < 4.78 is 0. The third-order valence-corrected chi connectivity index (χ3v) is 4.94. The van der Waals surface area contributed by atoms with Crippen molar-refractivity contribution in [2.24, 2.45) is 5.92 Å². The second-order valence-corrected chi connectivity index (χ2v) is 6.71. The molecule has 0 radical (unpaired) electrons. The van der Waals surface area contributed by atoms with Gasteiger partial charge in [0.05, 0.1) is 0 Å². The predicted octanol–water partition coefficient (Wildman–Crippen LogP) is 3.24. The van der Waals surface area contributed by atoms with Gasteiger partial charge in [0.15, 0.2) is 0 Å². The van der Waals surface area contributed by atoms with Gasteiger partial charge in [-0.15, -0.1) is 0 Å². The standard InChI is InChI=1S/C17H29N3/c1-14-7-5-9-17(11-14,20(3)4)13-19-15(2)16-8-6-10-18-12-16/h6,8,10,12,14-15,19H,5,7,9,11,13H2,1-4H3. The SMILES string of the molecule is CC1CCCC(CNC(C)c2cccnc2)(N(C)C)C1. The van der Waals surface area contributed by atoms with E-state index in [1.165, 1.54) is 31.2 Å². The molecule has 0 spiro atoms. The van der Waals surface area contributed by atoms with Crippen molar-refractivity contribution < 1.29 is 0 Å². The number of pyridine rings is 1. The van der Waals surface area contributed by atoms with Crippen molar-refractivity contribution >= 4 is 0 Å². The first-order valence-electron chi connectivity index (χ1n) is 7.84. The smallest absolute Gasteiger partial charge is 0.0330 e. The first-order chi connectivity index (χ1) is 9.53. The molecule has 1 aliphatic carbocycles. The Morgan fingerprint density at radius 3 is 2.90 bits per heavy atom. The highest BCUT2D eigenvalue weighted by molar-refractivity contribution is 5.13. The third-order valence-electron chi connectivity index (χ3n) is 4.94. The first-order valence-corrected chi connectivity index (χ1v) is 7.84. The Morgan fingerprint density at radius 2 is 2.30 bits per heavy atom. The lowest BCUT2D eigenvalue weighted by molar-refractivity contribution is 0.0728. The van der Waals surface area contributed by atoms with Gasteiger partial charge in [0.2, 0.25) is 0 Å². The first kappa shape index (κ1) is 15.5. The van der Waals surface area contributed by atoms with Crippen LogP contribution in [0.25, 0.3) is 0 Å². The van der Waals surface area contributed by atoms with E-state index in [4.69, 9.17) is 0 Å². The molecule has 3 heteroatoms. The molecular formula is C17H29N3. The van der Waals surface area contributed by atoms with Crippen molar-refractivity contribution in [2.75, 3.05) is 20.6 Å². The molecule has 1 aromatic rings. The van der Waals surface area contributed by atoms with E-state index in [0.29, 0.717) is 11.6 Å². The van der Waals surface area contributed by atoms with E-state index in [2.05, 4.69) is 49.2 Å². The van der Waals surface area contributed by atoms with Gasteiger partial charge >= 0.3 is 0 Å². The van der Waals surface area contributed by atoms with Crippen LogP contribution in [0.3, 0.4) is 0 Å². The molecule has 1 saturated carbocycles. The van der Waals surface area contributed by atoms with E-state index >= 15 is 0 Å². The van der Waals surface area contributed by atoms with Crippen LogP contribution in [0, 0.1) is 5.92 Å². The minimum Gasteiger partial charge on any atom is -0.308 e. The van der Waals surface area contributed by atoms with Gasteiger partial charge in [0.25, 0.3) is 0 Å². The molecule has 0 bridgehead atoms. The fourth-order valence-electron chi connectivity index (χ4n) is 3.45. The maximum absolute atomic E-state index is 4.21. The molecule has 1 aliphatic rings. The molecule has 1 aromatic heterocycles. The minimum absolute atomic E-state index is 0.314. The Morgan fingerprint density at radius 1 is 1.50 bits per heavy atom. The van der Waals surface area contributed by atoms with Crippen LogP contribution in [-0.4, -0.2) is 36.1 Å². The number of likely N-dealkylation sites (N-methyl/N-ethyl adjacent to an activating group) is 1. The predicted molar refractivity (Wildman–Crippen MR) is 84.7 cm³/mol. The van der Waals surface area contributed by atoms with E-state index in [0.717, 1.165) is 12.5 Å². The molecule has 3 unspecified atom stereocenters. The number of aromatic nitrogens is 1. The molecule has 0 saturated heterocycles. The molecule has 1 N–H and O–H groups in total. The molecule has 0 aliphatic heterocycles.